The number of ether oxygens (including phenoxy) is 2. The Balaban J connectivity index is 1.29. The van der Waals surface area contributed by atoms with Gasteiger partial charge < -0.3 is 9.47 Å². The van der Waals surface area contributed by atoms with Crippen molar-refractivity contribution in [1.29, 1.82) is 0 Å². The SMILES string of the molecule is O=C1NC(=O)N(c2ccc(OCc3ccccc3Cl)cc2)C(=O)/C1=C/c1c(OCc2ccc(F)cc2)ccc2ccccc12. The first-order valence-electron chi connectivity index (χ1n) is 13.6. The second-order valence-electron chi connectivity index (χ2n) is 9.95. The number of barbiturate groups is 1. The van der Waals surface area contributed by atoms with Gasteiger partial charge in [0, 0.05) is 16.1 Å². The van der Waals surface area contributed by atoms with Crippen molar-refractivity contribution in [3.05, 3.63) is 142 Å². The number of anilines is 1. The Kier molecular flexibility index (Phi) is 8.08. The molecule has 1 aliphatic rings. The smallest absolute Gasteiger partial charge is 0.335 e. The van der Waals surface area contributed by atoms with E-state index >= 15 is 0 Å². The number of hydrogen-bond acceptors (Lipinski definition) is 5. The topological polar surface area (TPSA) is 84.9 Å². The van der Waals surface area contributed by atoms with E-state index in [1.54, 1.807) is 48.5 Å². The van der Waals surface area contributed by atoms with Crippen LogP contribution < -0.4 is 19.7 Å². The summed E-state index contributed by atoms with van der Waals surface area (Å²) in [5, 5.41) is 4.44. The Morgan fingerprint density at radius 1 is 0.773 bits per heavy atom. The van der Waals surface area contributed by atoms with Crippen LogP contribution in [0.25, 0.3) is 16.8 Å². The summed E-state index contributed by atoms with van der Waals surface area (Å²) in [6.07, 6.45) is 1.43. The minimum atomic E-state index is -0.868. The Morgan fingerprint density at radius 3 is 2.27 bits per heavy atom. The van der Waals surface area contributed by atoms with Crippen molar-refractivity contribution < 1.29 is 28.2 Å². The van der Waals surface area contributed by atoms with Gasteiger partial charge in [0.05, 0.1) is 5.69 Å². The van der Waals surface area contributed by atoms with Crippen molar-refractivity contribution in [1.82, 2.24) is 5.32 Å². The number of rotatable bonds is 8. The monoisotopic (exact) mass is 606 g/mol. The third-order valence-corrected chi connectivity index (χ3v) is 7.44. The van der Waals surface area contributed by atoms with Crippen LogP contribution in [0.15, 0.2) is 115 Å². The van der Waals surface area contributed by atoms with Crippen molar-refractivity contribution in [3.8, 4) is 11.5 Å². The summed E-state index contributed by atoms with van der Waals surface area (Å²) in [4.78, 5) is 40.5. The summed E-state index contributed by atoms with van der Waals surface area (Å²) < 4.78 is 25.3. The molecule has 5 aromatic rings. The number of urea groups is 1. The van der Waals surface area contributed by atoms with E-state index in [0.29, 0.717) is 22.1 Å². The zero-order chi connectivity index (χ0) is 30.6. The zero-order valence-corrected chi connectivity index (χ0v) is 23.9. The van der Waals surface area contributed by atoms with Gasteiger partial charge >= 0.3 is 6.03 Å². The zero-order valence-electron chi connectivity index (χ0n) is 23.1. The molecule has 5 aromatic carbocycles. The van der Waals surface area contributed by atoms with Gasteiger partial charge in [-0.25, -0.2) is 14.1 Å². The number of halogens is 2. The number of nitrogens with one attached hydrogen (secondary N) is 1. The number of fused-ring (bicyclic) bond motifs is 1. The van der Waals surface area contributed by atoms with Gasteiger partial charge in [-0.3, -0.25) is 14.9 Å². The Labute approximate surface area is 257 Å². The Bertz CT molecular complexity index is 1920. The average molecular weight is 607 g/mol. The molecule has 0 bridgehead atoms. The fraction of sp³-hybridized carbons (Fsp3) is 0.0571. The van der Waals surface area contributed by atoms with Crippen LogP contribution in [-0.4, -0.2) is 17.8 Å². The van der Waals surface area contributed by atoms with Gasteiger partial charge in [0.25, 0.3) is 11.8 Å². The Hall–Kier alpha value is -5.47. The van der Waals surface area contributed by atoms with E-state index in [9.17, 15) is 18.8 Å². The first-order valence-corrected chi connectivity index (χ1v) is 14.0. The molecule has 1 N–H and O–H groups in total. The molecule has 4 amide bonds. The minimum Gasteiger partial charge on any atom is -0.489 e. The highest BCUT2D eigenvalue weighted by Gasteiger charge is 2.37. The molecule has 0 unspecified atom stereocenters. The molecule has 0 atom stereocenters. The fourth-order valence-electron chi connectivity index (χ4n) is 4.80. The molecule has 1 aliphatic heterocycles. The standard InChI is InChI=1S/C35H24ClFN2O5/c36-31-8-4-2-6-24(31)21-43-27-16-14-26(15-17-27)39-34(41)30(33(40)38-35(39)42)19-29-28-7-3-1-5-23(28)11-18-32(29)44-20-22-9-12-25(37)13-10-22/h1-19H,20-21H2,(H,38,40,42)/b30-19+. The van der Waals surface area contributed by atoms with Gasteiger partial charge in [-0.1, -0.05) is 72.3 Å². The van der Waals surface area contributed by atoms with Crippen molar-refractivity contribution in [3.63, 3.8) is 0 Å². The lowest BCUT2D eigenvalue weighted by molar-refractivity contribution is -0.122. The molecule has 6 rings (SSSR count). The average Bonchev–Trinajstić information content (AvgIpc) is 3.03. The summed E-state index contributed by atoms with van der Waals surface area (Å²) in [6.45, 7) is 0.366. The third-order valence-electron chi connectivity index (χ3n) is 7.08. The minimum absolute atomic E-state index is 0.129. The van der Waals surface area contributed by atoms with E-state index in [-0.39, 0.29) is 30.3 Å². The molecule has 1 heterocycles. The van der Waals surface area contributed by atoms with E-state index in [0.717, 1.165) is 26.8 Å². The van der Waals surface area contributed by atoms with Gasteiger partial charge in [0.2, 0.25) is 0 Å². The van der Waals surface area contributed by atoms with Crippen molar-refractivity contribution in [2.75, 3.05) is 4.90 Å². The summed E-state index contributed by atoms with van der Waals surface area (Å²) in [5.74, 6) is -1.06. The first-order chi connectivity index (χ1) is 21.4. The van der Waals surface area contributed by atoms with E-state index in [4.69, 9.17) is 21.1 Å². The molecular weight excluding hydrogens is 583 g/mol. The number of imide groups is 2. The maximum absolute atomic E-state index is 13.7. The molecule has 0 aliphatic carbocycles. The van der Waals surface area contributed by atoms with Gasteiger partial charge in [0.1, 0.15) is 36.1 Å². The molecule has 0 saturated carbocycles. The quantitative estimate of drug-likeness (QED) is 0.146. The lowest BCUT2D eigenvalue weighted by atomic mass is 9.99. The molecule has 0 spiro atoms. The van der Waals surface area contributed by atoms with Crippen molar-refractivity contribution in [2.45, 2.75) is 13.2 Å². The number of carbonyl (C=O) groups is 3. The van der Waals surface area contributed by atoms with E-state index < -0.39 is 17.8 Å². The van der Waals surface area contributed by atoms with E-state index in [1.807, 2.05) is 48.5 Å². The van der Waals surface area contributed by atoms with Crippen LogP contribution in [0.3, 0.4) is 0 Å². The highest BCUT2D eigenvalue weighted by molar-refractivity contribution is 6.39. The number of benzene rings is 5. The number of nitrogens with zero attached hydrogens (tertiary/aromatic N) is 1. The summed E-state index contributed by atoms with van der Waals surface area (Å²) in [6, 6.07) is 29.8. The maximum Gasteiger partial charge on any atom is 0.335 e. The predicted molar refractivity (Wildman–Crippen MR) is 166 cm³/mol. The molecule has 218 valence electrons. The number of carbonyl (C=O) groups excluding carboxylic acids is 3. The highest BCUT2D eigenvalue weighted by Crippen LogP contribution is 2.33. The lowest BCUT2D eigenvalue weighted by Gasteiger charge is -2.26. The summed E-state index contributed by atoms with van der Waals surface area (Å²) in [7, 11) is 0. The third kappa shape index (κ3) is 6.02. The summed E-state index contributed by atoms with van der Waals surface area (Å²) in [5.41, 5.74) is 2.04. The van der Waals surface area contributed by atoms with Crippen LogP contribution in [0.1, 0.15) is 16.7 Å². The van der Waals surface area contributed by atoms with Gasteiger partial charge in [-0.2, -0.15) is 0 Å². The van der Waals surface area contributed by atoms with E-state index in [2.05, 4.69) is 5.32 Å². The molecule has 7 nitrogen and oxygen atoms in total. The lowest BCUT2D eigenvalue weighted by Crippen LogP contribution is -2.54. The molecule has 0 radical (unpaired) electrons. The Morgan fingerprint density at radius 2 is 1.50 bits per heavy atom. The maximum atomic E-state index is 13.7. The second-order valence-corrected chi connectivity index (χ2v) is 10.4. The van der Waals surface area contributed by atoms with Crippen LogP contribution in [0.5, 0.6) is 11.5 Å². The molecule has 0 aromatic heterocycles. The molecular formula is C35H24ClFN2O5. The molecule has 1 fully saturated rings. The molecule has 1 saturated heterocycles. The predicted octanol–water partition coefficient (Wildman–Crippen LogP) is 7.46. The van der Waals surface area contributed by atoms with Crippen LogP contribution in [0, 0.1) is 5.82 Å². The van der Waals surface area contributed by atoms with Crippen LogP contribution >= 0.6 is 11.6 Å². The molecule has 9 heteroatoms. The van der Waals surface area contributed by atoms with Gasteiger partial charge in [-0.05, 0) is 70.9 Å². The number of hydrogen-bond donors (Lipinski definition) is 1. The van der Waals surface area contributed by atoms with Crippen LogP contribution in [0.4, 0.5) is 14.9 Å². The number of amides is 4. The molecule has 44 heavy (non-hydrogen) atoms. The van der Waals surface area contributed by atoms with Crippen molar-refractivity contribution in [2.24, 2.45) is 0 Å². The normalized spacial score (nSPS) is 14.2. The second kappa shape index (κ2) is 12.4. The van der Waals surface area contributed by atoms with Crippen molar-refractivity contribution >= 4 is 52.0 Å². The van der Waals surface area contributed by atoms with Gasteiger partial charge in [-0.15, -0.1) is 0 Å². The van der Waals surface area contributed by atoms with Gasteiger partial charge in [0.15, 0.2) is 0 Å². The van der Waals surface area contributed by atoms with Crippen LogP contribution in [0.2, 0.25) is 5.02 Å². The highest BCUT2D eigenvalue weighted by atomic mass is 35.5. The summed E-state index contributed by atoms with van der Waals surface area (Å²) >= 11 is 6.20. The largest absolute Gasteiger partial charge is 0.489 e. The van der Waals surface area contributed by atoms with E-state index in [1.165, 1.54) is 18.2 Å². The van der Waals surface area contributed by atoms with Crippen LogP contribution in [-0.2, 0) is 22.8 Å². The fourth-order valence-corrected chi connectivity index (χ4v) is 4.99. The first kappa shape index (κ1) is 28.6.